The average Bonchev–Trinajstić information content (AvgIpc) is 2.02. The number of nitrogens with zero attached hydrogens (tertiary/aromatic N) is 1. The first kappa shape index (κ1) is 11.8. The van der Waals surface area contributed by atoms with E-state index < -0.39 is 12.6 Å². The highest BCUT2D eigenvalue weighted by Crippen LogP contribution is 2.26. The first-order valence-electron chi connectivity index (χ1n) is 5.19. The van der Waals surface area contributed by atoms with Gasteiger partial charge in [-0.3, -0.25) is 0 Å². The zero-order valence-corrected chi connectivity index (χ0v) is 8.77. The number of rotatable bonds is 2. The van der Waals surface area contributed by atoms with E-state index in [1.807, 2.05) is 4.90 Å². The Kier molecular flexibility index (Phi) is 3.81. The summed E-state index contributed by atoms with van der Waals surface area (Å²) in [7, 11) is 0. The van der Waals surface area contributed by atoms with Gasteiger partial charge in [0.05, 0.1) is 6.42 Å². The third-order valence-electron chi connectivity index (χ3n) is 2.97. The smallest absolute Gasteiger partial charge is 0.300 e. The fourth-order valence-corrected chi connectivity index (χ4v) is 1.93. The van der Waals surface area contributed by atoms with E-state index in [-0.39, 0.29) is 6.04 Å². The molecule has 1 rings (SSSR count). The fraction of sp³-hybridized carbons (Fsp3) is 1.00. The monoisotopic (exact) mass is 209 g/mol. The van der Waals surface area contributed by atoms with Crippen LogP contribution in [0.15, 0.2) is 0 Å². The summed E-state index contributed by atoms with van der Waals surface area (Å²) in [6.07, 6.45) is -2.64. The number of hydrogen-bond donors (Lipinski definition) is 0. The van der Waals surface area contributed by atoms with Crippen LogP contribution in [0.3, 0.4) is 0 Å². The Morgan fingerprint density at radius 3 is 2.21 bits per heavy atom. The fourth-order valence-electron chi connectivity index (χ4n) is 1.93. The van der Waals surface area contributed by atoms with Crippen LogP contribution in [-0.2, 0) is 0 Å². The van der Waals surface area contributed by atoms with Crippen LogP contribution in [0.1, 0.15) is 33.1 Å². The summed E-state index contributed by atoms with van der Waals surface area (Å²) in [5.41, 5.74) is 0. The molecule has 0 spiro atoms. The van der Waals surface area contributed by atoms with Crippen molar-refractivity contribution in [2.75, 3.05) is 13.1 Å². The number of hydrogen-bond acceptors (Lipinski definition) is 1. The number of halogens is 3. The van der Waals surface area contributed by atoms with E-state index in [1.165, 1.54) is 0 Å². The first-order chi connectivity index (χ1) is 6.38. The second-order valence-corrected chi connectivity index (χ2v) is 4.39. The number of piperidine rings is 1. The van der Waals surface area contributed by atoms with Gasteiger partial charge in [0.2, 0.25) is 0 Å². The molecule has 1 aliphatic rings. The minimum Gasteiger partial charge on any atom is -0.300 e. The summed E-state index contributed by atoms with van der Waals surface area (Å²) < 4.78 is 36.3. The third-order valence-corrected chi connectivity index (χ3v) is 2.97. The van der Waals surface area contributed by atoms with Crippen LogP contribution >= 0.6 is 0 Å². The van der Waals surface area contributed by atoms with Gasteiger partial charge in [-0.05, 0) is 38.8 Å². The Labute approximate surface area is 83.3 Å². The van der Waals surface area contributed by atoms with Crippen molar-refractivity contribution >= 4 is 0 Å². The molecule has 1 fully saturated rings. The van der Waals surface area contributed by atoms with Crippen LogP contribution in [0.5, 0.6) is 0 Å². The van der Waals surface area contributed by atoms with Gasteiger partial charge in [0.15, 0.2) is 0 Å². The van der Waals surface area contributed by atoms with Gasteiger partial charge in [-0.25, -0.2) is 0 Å². The highest BCUT2D eigenvalue weighted by atomic mass is 19.4. The Bertz CT molecular complexity index is 171. The van der Waals surface area contributed by atoms with Gasteiger partial charge < -0.3 is 4.90 Å². The molecule has 0 aromatic rings. The van der Waals surface area contributed by atoms with Crippen LogP contribution in [0.25, 0.3) is 0 Å². The lowest BCUT2D eigenvalue weighted by atomic mass is 9.97. The van der Waals surface area contributed by atoms with Gasteiger partial charge in [0.25, 0.3) is 0 Å². The van der Waals surface area contributed by atoms with Gasteiger partial charge in [-0.1, -0.05) is 6.92 Å². The summed E-state index contributed by atoms with van der Waals surface area (Å²) in [5, 5.41) is 0. The second kappa shape index (κ2) is 4.51. The third kappa shape index (κ3) is 3.86. The van der Waals surface area contributed by atoms with Gasteiger partial charge in [-0.15, -0.1) is 0 Å². The van der Waals surface area contributed by atoms with Gasteiger partial charge in [0, 0.05) is 6.04 Å². The van der Waals surface area contributed by atoms with E-state index in [2.05, 4.69) is 6.92 Å². The first-order valence-corrected chi connectivity index (χ1v) is 5.19. The maximum absolute atomic E-state index is 12.1. The molecule has 0 saturated carbocycles. The predicted octanol–water partition coefficient (Wildman–Crippen LogP) is 3.06. The van der Waals surface area contributed by atoms with Crippen molar-refractivity contribution < 1.29 is 13.2 Å². The predicted molar refractivity (Wildman–Crippen MR) is 50.1 cm³/mol. The van der Waals surface area contributed by atoms with E-state index in [0.29, 0.717) is 5.92 Å². The van der Waals surface area contributed by atoms with Gasteiger partial charge in [-0.2, -0.15) is 13.2 Å². The Morgan fingerprint density at radius 2 is 1.79 bits per heavy atom. The molecule has 0 bridgehead atoms. The van der Waals surface area contributed by atoms with Crippen molar-refractivity contribution in [3.05, 3.63) is 0 Å². The van der Waals surface area contributed by atoms with E-state index in [0.717, 1.165) is 25.9 Å². The van der Waals surface area contributed by atoms with E-state index in [4.69, 9.17) is 0 Å². The number of alkyl halides is 3. The van der Waals surface area contributed by atoms with Gasteiger partial charge in [0.1, 0.15) is 0 Å². The Balaban J connectivity index is 2.34. The van der Waals surface area contributed by atoms with Crippen LogP contribution < -0.4 is 0 Å². The molecule has 0 N–H and O–H groups in total. The van der Waals surface area contributed by atoms with Crippen LogP contribution in [0.2, 0.25) is 0 Å². The standard InChI is InChI=1S/C10H18F3N/c1-8-3-5-14(6-4-8)9(2)7-10(11,12)13/h8-9H,3-7H2,1-2H3/t9-/m0/s1. The Hall–Kier alpha value is -0.250. The molecule has 0 radical (unpaired) electrons. The summed E-state index contributed by atoms with van der Waals surface area (Å²) in [6.45, 7) is 5.46. The maximum Gasteiger partial charge on any atom is 0.390 e. The van der Waals surface area contributed by atoms with Crippen molar-refractivity contribution in [3.8, 4) is 0 Å². The highest BCUT2D eigenvalue weighted by Gasteiger charge is 2.33. The van der Waals surface area contributed by atoms with Gasteiger partial charge >= 0.3 is 6.18 Å². The van der Waals surface area contributed by atoms with Crippen LogP contribution in [0.4, 0.5) is 13.2 Å². The largest absolute Gasteiger partial charge is 0.390 e. The zero-order valence-electron chi connectivity index (χ0n) is 8.77. The molecular weight excluding hydrogens is 191 g/mol. The molecule has 1 aliphatic heterocycles. The van der Waals surface area contributed by atoms with Crippen LogP contribution in [-0.4, -0.2) is 30.2 Å². The second-order valence-electron chi connectivity index (χ2n) is 4.39. The quantitative estimate of drug-likeness (QED) is 0.675. The summed E-state index contributed by atoms with van der Waals surface area (Å²) in [5.74, 6) is 0.671. The van der Waals surface area contributed by atoms with Crippen molar-refractivity contribution in [2.45, 2.75) is 45.3 Å². The molecule has 14 heavy (non-hydrogen) atoms. The molecule has 0 aromatic carbocycles. The van der Waals surface area contributed by atoms with Crippen molar-refractivity contribution in [1.29, 1.82) is 0 Å². The molecule has 84 valence electrons. The summed E-state index contributed by atoms with van der Waals surface area (Å²) in [4.78, 5) is 1.95. The molecule has 1 saturated heterocycles. The van der Waals surface area contributed by atoms with Crippen molar-refractivity contribution in [2.24, 2.45) is 5.92 Å². The molecule has 1 atom stereocenters. The minimum absolute atomic E-state index is 0.359. The minimum atomic E-state index is -4.03. The van der Waals surface area contributed by atoms with E-state index in [1.54, 1.807) is 6.92 Å². The summed E-state index contributed by atoms with van der Waals surface area (Å²) in [6, 6.07) is -0.359. The van der Waals surface area contributed by atoms with Crippen molar-refractivity contribution in [3.63, 3.8) is 0 Å². The maximum atomic E-state index is 12.1. The lowest BCUT2D eigenvalue weighted by Crippen LogP contribution is -2.41. The Morgan fingerprint density at radius 1 is 1.29 bits per heavy atom. The van der Waals surface area contributed by atoms with E-state index >= 15 is 0 Å². The number of likely N-dealkylation sites (tertiary alicyclic amines) is 1. The SMILES string of the molecule is CC1CCN([C@@H](C)CC(F)(F)F)CC1. The molecule has 1 nitrogen and oxygen atoms in total. The van der Waals surface area contributed by atoms with Crippen LogP contribution in [0, 0.1) is 5.92 Å². The molecule has 0 unspecified atom stereocenters. The molecule has 0 amide bonds. The average molecular weight is 209 g/mol. The lowest BCUT2D eigenvalue weighted by Gasteiger charge is -2.35. The lowest BCUT2D eigenvalue weighted by molar-refractivity contribution is -0.147. The summed E-state index contributed by atoms with van der Waals surface area (Å²) >= 11 is 0. The van der Waals surface area contributed by atoms with Crippen molar-refractivity contribution in [1.82, 2.24) is 4.90 Å². The van der Waals surface area contributed by atoms with E-state index in [9.17, 15) is 13.2 Å². The molecule has 1 heterocycles. The highest BCUT2D eigenvalue weighted by molar-refractivity contribution is 4.76. The molecule has 4 heteroatoms. The zero-order chi connectivity index (χ0) is 10.8. The normalized spacial score (nSPS) is 23.8. The topological polar surface area (TPSA) is 3.24 Å². The molecule has 0 aromatic heterocycles. The molecule has 0 aliphatic carbocycles. The molecular formula is C10H18F3N.